The van der Waals surface area contributed by atoms with Crippen LogP contribution in [0.25, 0.3) is 10.8 Å². The van der Waals surface area contributed by atoms with Crippen molar-refractivity contribution in [1.29, 1.82) is 0 Å². The summed E-state index contributed by atoms with van der Waals surface area (Å²) in [6.07, 6.45) is 1.40. The van der Waals surface area contributed by atoms with Gasteiger partial charge in [-0.15, -0.1) is 0 Å². The molecule has 0 saturated heterocycles. The van der Waals surface area contributed by atoms with E-state index in [1.54, 1.807) is 36.4 Å². The number of halogens is 2. The summed E-state index contributed by atoms with van der Waals surface area (Å²) in [4.78, 5) is 23.2. The predicted octanol–water partition coefficient (Wildman–Crippen LogP) is 6.41. The summed E-state index contributed by atoms with van der Waals surface area (Å²) in [7, 11) is 1.50. The van der Waals surface area contributed by atoms with Gasteiger partial charge in [0, 0.05) is 12.1 Å². The highest BCUT2D eigenvalue weighted by Gasteiger charge is 2.14. The van der Waals surface area contributed by atoms with Crippen LogP contribution in [0.1, 0.15) is 21.5 Å². The first kappa shape index (κ1) is 25.0. The number of nitrogens with one attached hydrogen (secondary N) is 1. The molecular weight excluding hydrogens is 505 g/mol. The van der Waals surface area contributed by atoms with Gasteiger partial charge in [0.15, 0.2) is 5.75 Å². The molecule has 0 fully saturated rings. The van der Waals surface area contributed by atoms with Crippen molar-refractivity contribution in [1.82, 2.24) is 5.43 Å². The zero-order valence-corrected chi connectivity index (χ0v) is 20.4. The zero-order valence-electron chi connectivity index (χ0n) is 18.9. The van der Waals surface area contributed by atoms with Crippen molar-refractivity contribution >= 4 is 51.8 Å². The molecule has 10 heteroatoms. The SMILES string of the molecule is COc1cc2ccccc2cc1C(=O)N/N=C\c1cc(Cl)c(OCc2cccc([N+](=O)[O-])c2)c(Cl)c1. The smallest absolute Gasteiger partial charge is 0.275 e. The van der Waals surface area contributed by atoms with E-state index in [1.807, 2.05) is 24.3 Å². The molecule has 8 nitrogen and oxygen atoms in total. The average molecular weight is 524 g/mol. The van der Waals surface area contributed by atoms with E-state index < -0.39 is 10.8 Å². The van der Waals surface area contributed by atoms with Crippen molar-refractivity contribution in [3.8, 4) is 11.5 Å². The number of methoxy groups -OCH3 is 1. The molecule has 4 aromatic carbocycles. The monoisotopic (exact) mass is 523 g/mol. The van der Waals surface area contributed by atoms with Crippen LogP contribution in [-0.4, -0.2) is 24.2 Å². The first-order chi connectivity index (χ1) is 17.4. The highest BCUT2D eigenvalue weighted by atomic mass is 35.5. The first-order valence-corrected chi connectivity index (χ1v) is 11.4. The van der Waals surface area contributed by atoms with Gasteiger partial charge in [-0.2, -0.15) is 5.10 Å². The molecule has 0 atom stereocenters. The van der Waals surface area contributed by atoms with Gasteiger partial charge in [-0.3, -0.25) is 14.9 Å². The summed E-state index contributed by atoms with van der Waals surface area (Å²) < 4.78 is 11.1. The zero-order chi connectivity index (χ0) is 25.7. The molecule has 0 spiro atoms. The number of ether oxygens (including phenoxy) is 2. The van der Waals surface area contributed by atoms with Gasteiger partial charge in [0.2, 0.25) is 0 Å². The first-order valence-electron chi connectivity index (χ1n) is 10.6. The van der Waals surface area contributed by atoms with Crippen LogP contribution in [0, 0.1) is 10.1 Å². The van der Waals surface area contributed by atoms with E-state index in [-0.39, 0.29) is 28.1 Å². The Hall–Kier alpha value is -4.14. The molecule has 0 aromatic heterocycles. The normalized spacial score (nSPS) is 11.0. The van der Waals surface area contributed by atoms with Crippen molar-refractivity contribution in [3.63, 3.8) is 0 Å². The van der Waals surface area contributed by atoms with Gasteiger partial charge in [0.1, 0.15) is 12.4 Å². The molecule has 0 aliphatic rings. The van der Waals surface area contributed by atoms with Gasteiger partial charge in [-0.1, -0.05) is 59.6 Å². The molecule has 1 N–H and O–H groups in total. The second-order valence-electron chi connectivity index (χ2n) is 7.63. The highest BCUT2D eigenvalue weighted by Crippen LogP contribution is 2.34. The quantitative estimate of drug-likeness (QED) is 0.163. The Balaban J connectivity index is 1.45. The van der Waals surface area contributed by atoms with Crippen LogP contribution in [0.2, 0.25) is 10.0 Å². The van der Waals surface area contributed by atoms with Crippen LogP contribution in [0.4, 0.5) is 5.69 Å². The lowest BCUT2D eigenvalue weighted by Crippen LogP contribution is -2.18. The van der Waals surface area contributed by atoms with E-state index >= 15 is 0 Å². The minimum Gasteiger partial charge on any atom is -0.496 e. The van der Waals surface area contributed by atoms with Gasteiger partial charge in [0.05, 0.1) is 33.9 Å². The summed E-state index contributed by atoms with van der Waals surface area (Å²) in [6, 6.07) is 20.4. The lowest BCUT2D eigenvalue weighted by molar-refractivity contribution is -0.384. The van der Waals surface area contributed by atoms with E-state index in [2.05, 4.69) is 10.5 Å². The minimum absolute atomic E-state index is 0.0387. The van der Waals surface area contributed by atoms with Crippen LogP contribution >= 0.6 is 23.2 Å². The third-order valence-electron chi connectivity index (χ3n) is 5.22. The van der Waals surface area contributed by atoms with Crippen molar-refractivity contribution in [2.75, 3.05) is 7.11 Å². The summed E-state index contributed by atoms with van der Waals surface area (Å²) in [6.45, 7) is 0.0399. The lowest BCUT2D eigenvalue weighted by Gasteiger charge is -2.11. The molecular formula is C26H19Cl2N3O5. The molecule has 0 unspecified atom stereocenters. The summed E-state index contributed by atoms with van der Waals surface area (Å²) in [5, 5.41) is 17.2. The van der Waals surface area contributed by atoms with E-state index in [0.29, 0.717) is 22.4 Å². The third kappa shape index (κ3) is 5.73. The molecule has 4 aromatic rings. The number of fused-ring (bicyclic) bond motifs is 1. The fraction of sp³-hybridized carbons (Fsp3) is 0.0769. The van der Waals surface area contributed by atoms with E-state index in [9.17, 15) is 14.9 Å². The van der Waals surface area contributed by atoms with Gasteiger partial charge < -0.3 is 9.47 Å². The molecule has 36 heavy (non-hydrogen) atoms. The number of nitro groups is 1. The van der Waals surface area contributed by atoms with Crippen molar-refractivity contribution in [3.05, 3.63) is 110 Å². The Labute approximate surface area is 216 Å². The predicted molar refractivity (Wildman–Crippen MR) is 139 cm³/mol. The number of benzene rings is 4. The maximum atomic E-state index is 12.7. The largest absolute Gasteiger partial charge is 0.496 e. The van der Waals surface area contributed by atoms with Gasteiger partial charge in [0.25, 0.3) is 11.6 Å². The molecule has 0 bridgehead atoms. The number of carbonyl (C=O) groups is 1. The Morgan fingerprint density at radius 2 is 1.72 bits per heavy atom. The number of non-ortho nitro benzene ring substituents is 1. The Bertz CT molecular complexity index is 1470. The van der Waals surface area contributed by atoms with E-state index in [1.165, 1.54) is 25.5 Å². The van der Waals surface area contributed by atoms with Crippen molar-refractivity contribution in [2.45, 2.75) is 6.61 Å². The third-order valence-corrected chi connectivity index (χ3v) is 5.78. The van der Waals surface area contributed by atoms with Crippen LogP contribution in [0.5, 0.6) is 11.5 Å². The second kappa shape index (κ2) is 11.1. The molecule has 0 saturated carbocycles. The van der Waals surface area contributed by atoms with Crippen LogP contribution in [0.3, 0.4) is 0 Å². The molecule has 0 aliphatic heterocycles. The van der Waals surface area contributed by atoms with Crippen molar-refractivity contribution < 1.29 is 19.2 Å². The fourth-order valence-corrected chi connectivity index (χ4v) is 4.11. The average Bonchev–Trinajstić information content (AvgIpc) is 2.87. The number of rotatable bonds is 8. The lowest BCUT2D eigenvalue weighted by atomic mass is 10.1. The fourth-order valence-electron chi connectivity index (χ4n) is 3.50. The summed E-state index contributed by atoms with van der Waals surface area (Å²) >= 11 is 12.7. The highest BCUT2D eigenvalue weighted by molar-refractivity contribution is 6.37. The number of hydrogen-bond acceptors (Lipinski definition) is 6. The number of hydrogen-bond donors (Lipinski definition) is 1. The minimum atomic E-state index is -0.480. The number of amides is 1. The second-order valence-corrected chi connectivity index (χ2v) is 8.44. The molecule has 1 amide bonds. The van der Waals surface area contributed by atoms with Crippen LogP contribution < -0.4 is 14.9 Å². The maximum Gasteiger partial charge on any atom is 0.275 e. The van der Waals surface area contributed by atoms with Gasteiger partial charge in [-0.05, 0) is 46.2 Å². The number of nitro benzene ring substituents is 1. The number of hydrazone groups is 1. The molecule has 4 rings (SSSR count). The van der Waals surface area contributed by atoms with Crippen molar-refractivity contribution in [2.24, 2.45) is 5.10 Å². The molecule has 182 valence electrons. The topological polar surface area (TPSA) is 103 Å². The van der Waals surface area contributed by atoms with E-state index in [0.717, 1.165) is 10.8 Å². The molecule has 0 heterocycles. The Morgan fingerprint density at radius 3 is 2.39 bits per heavy atom. The molecule has 0 radical (unpaired) electrons. The van der Waals surface area contributed by atoms with Gasteiger partial charge in [-0.25, -0.2) is 5.43 Å². The van der Waals surface area contributed by atoms with E-state index in [4.69, 9.17) is 32.7 Å². The maximum absolute atomic E-state index is 12.7. The number of nitrogens with zero attached hydrogens (tertiary/aromatic N) is 2. The van der Waals surface area contributed by atoms with Gasteiger partial charge >= 0.3 is 0 Å². The summed E-state index contributed by atoms with van der Waals surface area (Å²) in [5.74, 6) is 0.215. The summed E-state index contributed by atoms with van der Waals surface area (Å²) in [5.41, 5.74) is 3.90. The van der Waals surface area contributed by atoms with Crippen LogP contribution in [0.15, 0.2) is 77.9 Å². The number of carbonyl (C=O) groups excluding carboxylic acids is 1. The Morgan fingerprint density at radius 1 is 1.03 bits per heavy atom. The molecule has 0 aliphatic carbocycles. The standard InChI is InChI=1S/C26H19Cl2N3O5/c1-35-24-13-19-7-3-2-6-18(19)12-21(24)26(32)30-29-14-17-10-22(27)25(23(28)11-17)36-15-16-5-4-8-20(9-16)31(33)34/h2-14H,15H2,1H3,(H,30,32)/b29-14-. The Kier molecular flexibility index (Phi) is 7.68. The van der Waals surface area contributed by atoms with Crippen LogP contribution in [-0.2, 0) is 6.61 Å².